The summed E-state index contributed by atoms with van der Waals surface area (Å²) < 4.78 is 12.9. The molecule has 3 heteroatoms. The van der Waals surface area contributed by atoms with Gasteiger partial charge in [-0.05, 0) is 109 Å². The molecule has 1 N–H and O–H groups in total. The summed E-state index contributed by atoms with van der Waals surface area (Å²) in [6, 6.07) is 10.8. The summed E-state index contributed by atoms with van der Waals surface area (Å²) in [5.74, 6) is 4.75. The van der Waals surface area contributed by atoms with Gasteiger partial charge in [0.1, 0.15) is 6.10 Å². The van der Waals surface area contributed by atoms with Crippen molar-refractivity contribution in [1.29, 1.82) is 0 Å². The van der Waals surface area contributed by atoms with Crippen LogP contribution in [0.15, 0.2) is 30.3 Å². The summed E-state index contributed by atoms with van der Waals surface area (Å²) in [6.45, 7) is 12.8. The van der Waals surface area contributed by atoms with Crippen LogP contribution in [0.25, 0.3) is 0 Å². The molecule has 13 atom stereocenters. The molecule has 5 saturated carbocycles. The molecule has 6 fully saturated rings. The lowest BCUT2D eigenvalue weighted by atomic mass is 9.45. The van der Waals surface area contributed by atoms with Gasteiger partial charge in [0.15, 0.2) is 0 Å². The number of aliphatic hydroxyl groups is 1. The average Bonchev–Trinajstić information content (AvgIpc) is 3.78. The standard InChI is InChI=1S/C34H50O3/c1-20(2)30-31(37-30)29(35)21(3)25-11-12-26-24-17-28(36-19-22-9-7-6-8-10-22)34-18-23(34)13-16-33(34,5)27(24)14-15-32(25,26)4/h6-10,20-21,23-31,35H,11-19H2,1-5H3/t21-,23-,24-,25+,26-,27-,28+,29+,30+,31-,32+,33+,34-/m0/s1. The number of fused-ring (bicyclic) bond motifs is 4. The lowest BCUT2D eigenvalue weighted by Gasteiger charge is -2.61. The first-order valence-electron chi connectivity index (χ1n) is 15.7. The van der Waals surface area contributed by atoms with Crippen LogP contribution in [0.3, 0.4) is 0 Å². The van der Waals surface area contributed by atoms with E-state index in [-0.39, 0.29) is 18.3 Å². The van der Waals surface area contributed by atoms with Crippen molar-refractivity contribution in [2.75, 3.05) is 0 Å². The highest BCUT2D eigenvalue weighted by atomic mass is 16.6. The number of aliphatic hydroxyl groups excluding tert-OH is 1. The Morgan fingerprint density at radius 3 is 2.46 bits per heavy atom. The largest absolute Gasteiger partial charge is 0.390 e. The predicted molar refractivity (Wildman–Crippen MR) is 147 cm³/mol. The summed E-state index contributed by atoms with van der Waals surface area (Å²) in [5.41, 5.74) is 2.57. The number of hydrogen-bond donors (Lipinski definition) is 1. The highest BCUT2D eigenvalue weighted by Crippen LogP contribution is 2.82. The summed E-state index contributed by atoms with van der Waals surface area (Å²) in [5, 5.41) is 11.4. The third-order valence-electron chi connectivity index (χ3n) is 13.6. The molecule has 7 rings (SSSR count). The van der Waals surface area contributed by atoms with Crippen molar-refractivity contribution in [3.05, 3.63) is 35.9 Å². The average molecular weight is 507 g/mol. The van der Waals surface area contributed by atoms with Crippen LogP contribution < -0.4 is 0 Å². The number of rotatable bonds is 7. The van der Waals surface area contributed by atoms with Gasteiger partial charge in [-0.3, -0.25) is 0 Å². The van der Waals surface area contributed by atoms with Crippen LogP contribution >= 0.6 is 0 Å². The van der Waals surface area contributed by atoms with Gasteiger partial charge in [0.25, 0.3) is 0 Å². The second kappa shape index (κ2) is 8.55. The maximum atomic E-state index is 11.4. The molecule has 0 radical (unpaired) electrons. The Morgan fingerprint density at radius 2 is 1.76 bits per heavy atom. The second-order valence-electron chi connectivity index (χ2n) is 15.2. The van der Waals surface area contributed by atoms with Crippen molar-refractivity contribution in [2.45, 2.75) is 117 Å². The zero-order chi connectivity index (χ0) is 25.7. The Labute approximate surface area is 225 Å². The fraction of sp³-hybridized carbons (Fsp3) is 0.824. The van der Waals surface area contributed by atoms with Gasteiger partial charge in [-0.1, -0.05) is 65.0 Å². The number of ether oxygens (including phenoxy) is 2. The first-order chi connectivity index (χ1) is 17.7. The number of epoxide rings is 1. The molecule has 1 aliphatic heterocycles. The predicted octanol–water partition coefficient (Wildman–Crippen LogP) is 7.26. The first kappa shape index (κ1) is 25.1. The van der Waals surface area contributed by atoms with E-state index in [1.165, 1.54) is 56.9 Å². The van der Waals surface area contributed by atoms with Crippen molar-refractivity contribution in [3.63, 3.8) is 0 Å². The summed E-state index contributed by atoms with van der Waals surface area (Å²) in [6.07, 6.45) is 11.3. The van der Waals surface area contributed by atoms with Crippen molar-refractivity contribution in [2.24, 2.45) is 57.7 Å². The van der Waals surface area contributed by atoms with Gasteiger partial charge in [0.05, 0.1) is 24.9 Å². The molecule has 1 heterocycles. The Bertz CT molecular complexity index is 1010. The topological polar surface area (TPSA) is 42.0 Å². The quantitative estimate of drug-likeness (QED) is 0.396. The van der Waals surface area contributed by atoms with E-state index < -0.39 is 0 Å². The molecule has 204 valence electrons. The molecule has 1 aromatic rings. The fourth-order valence-electron chi connectivity index (χ4n) is 11.6. The zero-order valence-corrected chi connectivity index (χ0v) is 23.9. The lowest BCUT2D eigenvalue weighted by Crippen LogP contribution is -2.57. The van der Waals surface area contributed by atoms with Gasteiger partial charge in [0.2, 0.25) is 0 Å². The van der Waals surface area contributed by atoms with E-state index in [1.807, 2.05) is 0 Å². The molecular formula is C34H50O3. The van der Waals surface area contributed by atoms with E-state index >= 15 is 0 Å². The molecule has 1 aromatic carbocycles. The van der Waals surface area contributed by atoms with E-state index in [1.54, 1.807) is 0 Å². The van der Waals surface area contributed by atoms with Crippen molar-refractivity contribution in [1.82, 2.24) is 0 Å². The Kier molecular flexibility index (Phi) is 5.80. The maximum Gasteiger partial charge on any atom is 0.110 e. The zero-order valence-electron chi connectivity index (χ0n) is 23.9. The molecule has 0 unspecified atom stereocenters. The number of benzene rings is 1. The monoisotopic (exact) mass is 506 g/mol. The fourth-order valence-corrected chi connectivity index (χ4v) is 11.6. The van der Waals surface area contributed by atoms with E-state index in [4.69, 9.17) is 9.47 Å². The van der Waals surface area contributed by atoms with Gasteiger partial charge < -0.3 is 14.6 Å². The van der Waals surface area contributed by atoms with Crippen LogP contribution in [0.4, 0.5) is 0 Å². The van der Waals surface area contributed by atoms with Crippen molar-refractivity contribution in [3.8, 4) is 0 Å². The van der Waals surface area contributed by atoms with Gasteiger partial charge in [-0.25, -0.2) is 0 Å². The van der Waals surface area contributed by atoms with Crippen LogP contribution in [0.5, 0.6) is 0 Å². The molecule has 0 aromatic heterocycles. The summed E-state index contributed by atoms with van der Waals surface area (Å²) in [7, 11) is 0. The van der Waals surface area contributed by atoms with Gasteiger partial charge in [-0.2, -0.15) is 0 Å². The minimum Gasteiger partial charge on any atom is -0.390 e. The summed E-state index contributed by atoms with van der Waals surface area (Å²) in [4.78, 5) is 0. The van der Waals surface area contributed by atoms with Crippen LogP contribution in [-0.4, -0.2) is 29.5 Å². The van der Waals surface area contributed by atoms with Crippen LogP contribution in [0, 0.1) is 57.7 Å². The molecule has 3 nitrogen and oxygen atoms in total. The van der Waals surface area contributed by atoms with E-state index in [0.717, 1.165) is 30.3 Å². The molecule has 5 aliphatic carbocycles. The van der Waals surface area contributed by atoms with E-state index in [9.17, 15) is 5.11 Å². The molecule has 6 aliphatic rings. The van der Waals surface area contributed by atoms with E-state index in [0.29, 0.717) is 40.1 Å². The Morgan fingerprint density at radius 1 is 0.973 bits per heavy atom. The minimum atomic E-state index is -0.318. The van der Waals surface area contributed by atoms with Gasteiger partial charge in [0, 0.05) is 5.41 Å². The lowest BCUT2D eigenvalue weighted by molar-refractivity contribution is -0.173. The normalized spacial score (nSPS) is 51.1. The molecule has 37 heavy (non-hydrogen) atoms. The molecule has 1 saturated heterocycles. The third-order valence-corrected chi connectivity index (χ3v) is 13.6. The van der Waals surface area contributed by atoms with Crippen molar-refractivity contribution >= 4 is 0 Å². The number of hydrogen-bond acceptors (Lipinski definition) is 3. The van der Waals surface area contributed by atoms with Gasteiger partial charge >= 0.3 is 0 Å². The molecular weight excluding hydrogens is 456 g/mol. The molecule has 1 spiro atoms. The Hall–Kier alpha value is -0.900. The van der Waals surface area contributed by atoms with Crippen LogP contribution in [0.1, 0.15) is 91.5 Å². The second-order valence-corrected chi connectivity index (χ2v) is 15.2. The smallest absolute Gasteiger partial charge is 0.110 e. The molecule has 0 bridgehead atoms. The molecule has 0 amide bonds. The summed E-state index contributed by atoms with van der Waals surface area (Å²) >= 11 is 0. The highest BCUT2D eigenvalue weighted by molar-refractivity contribution is 5.26. The van der Waals surface area contributed by atoms with E-state index in [2.05, 4.69) is 65.0 Å². The van der Waals surface area contributed by atoms with Crippen LogP contribution in [0.2, 0.25) is 0 Å². The highest BCUT2D eigenvalue weighted by Gasteiger charge is 2.77. The Balaban J connectivity index is 1.13. The van der Waals surface area contributed by atoms with Gasteiger partial charge in [-0.15, -0.1) is 0 Å². The SMILES string of the molecule is CC(C)[C@H]1O[C@H]1[C@H](O)[C@@H](C)[C@H]1CC[C@H]2[C@@H]3C[C@@H](OCc4ccccc4)[C@]45C[C@@H]4CC[C@]5(C)[C@H]3CC[C@]12C. The minimum absolute atomic E-state index is 0.0588. The third kappa shape index (κ3) is 3.48. The van der Waals surface area contributed by atoms with Crippen molar-refractivity contribution < 1.29 is 14.6 Å². The van der Waals surface area contributed by atoms with Crippen LogP contribution in [-0.2, 0) is 16.1 Å². The maximum absolute atomic E-state index is 11.4. The first-order valence-corrected chi connectivity index (χ1v) is 15.7.